The first-order chi connectivity index (χ1) is 11.8. The Kier molecular flexibility index (Phi) is 4.70. The molecule has 4 aromatic rings. The molecule has 0 amide bonds. The number of hydrogen-bond donors (Lipinski definition) is 0. The predicted octanol–water partition coefficient (Wildman–Crippen LogP) is 5.50. The molecule has 0 saturated heterocycles. The van der Waals surface area contributed by atoms with Crippen molar-refractivity contribution in [3.05, 3.63) is 71.0 Å². The van der Waals surface area contributed by atoms with Crippen LogP contribution in [0, 0.1) is 0 Å². The van der Waals surface area contributed by atoms with E-state index in [1.54, 1.807) is 0 Å². The number of hydrogen-bond acceptors (Lipinski definition) is 2. The van der Waals surface area contributed by atoms with Crippen molar-refractivity contribution in [2.24, 2.45) is 0 Å². The largest absolute Gasteiger partial charge is 0.325 e. The summed E-state index contributed by atoms with van der Waals surface area (Å²) in [4.78, 5) is 4.58. The third kappa shape index (κ3) is 3.03. The van der Waals surface area contributed by atoms with Gasteiger partial charge in [-0.25, -0.2) is 9.44 Å². The number of rotatable bonds is 4. The second-order valence-electron chi connectivity index (χ2n) is 5.37. The Morgan fingerprint density at radius 1 is 1.12 bits per heavy atom. The van der Waals surface area contributed by atoms with E-state index in [1.165, 1.54) is 5.56 Å². The number of halogens is 2. The van der Waals surface area contributed by atoms with Crippen molar-refractivity contribution in [1.82, 2.24) is 19.1 Å². The Balaban J connectivity index is 1.83. The van der Waals surface area contributed by atoms with Gasteiger partial charge in [0.25, 0.3) is 0 Å². The van der Waals surface area contributed by atoms with Gasteiger partial charge in [-0.05, 0) is 45.8 Å². The van der Waals surface area contributed by atoms with Gasteiger partial charge < -0.3 is 4.57 Å². The summed E-state index contributed by atoms with van der Waals surface area (Å²) in [6.07, 6.45) is 4.40. The minimum Gasteiger partial charge on any atom is -0.325 e. The molecule has 7 heteroatoms. The van der Waals surface area contributed by atoms with E-state index in [0.29, 0.717) is 6.37 Å². The molecule has 0 radical (unpaired) electrons. The van der Waals surface area contributed by atoms with Crippen molar-refractivity contribution in [2.45, 2.75) is 6.54 Å². The van der Waals surface area contributed by atoms with Crippen LogP contribution >= 0.6 is 44.3 Å². The molecule has 120 valence electrons. The molecule has 2 aromatic carbocycles. The SMILES string of the molecule is Brc1ccc2c(-c3nccn3Cc3ccccc3)nn(PI)c2c1. The Hall–Kier alpha value is -1.24. The lowest BCUT2D eigenvalue weighted by Gasteiger charge is -2.06. The van der Waals surface area contributed by atoms with Crippen LogP contribution in [0.4, 0.5) is 0 Å². The molecule has 0 spiro atoms. The van der Waals surface area contributed by atoms with Gasteiger partial charge in [0.1, 0.15) is 5.69 Å². The van der Waals surface area contributed by atoms with Crippen molar-refractivity contribution in [3.63, 3.8) is 0 Å². The molecule has 0 aliphatic carbocycles. The van der Waals surface area contributed by atoms with Gasteiger partial charge in [0.15, 0.2) is 5.82 Å². The summed E-state index contributed by atoms with van der Waals surface area (Å²) in [7, 11) is 0. The van der Waals surface area contributed by atoms with E-state index in [0.717, 1.165) is 33.4 Å². The van der Waals surface area contributed by atoms with Gasteiger partial charge in [0.05, 0.1) is 11.9 Å². The first-order valence-electron chi connectivity index (χ1n) is 7.36. The first kappa shape index (κ1) is 16.2. The third-order valence-electron chi connectivity index (χ3n) is 3.85. The molecule has 1 atom stereocenters. The third-order valence-corrected chi connectivity index (χ3v) is 6.21. The summed E-state index contributed by atoms with van der Waals surface area (Å²) in [5.74, 6) is 0.902. The minimum absolute atomic E-state index is 0.543. The number of imidazole rings is 1. The maximum Gasteiger partial charge on any atom is 0.161 e. The Bertz CT molecular complexity index is 996. The summed E-state index contributed by atoms with van der Waals surface area (Å²) in [5.41, 5.74) is 3.31. The van der Waals surface area contributed by atoms with Gasteiger partial charge in [0.2, 0.25) is 0 Å². The maximum atomic E-state index is 4.81. The second-order valence-corrected chi connectivity index (χ2v) is 8.33. The summed E-state index contributed by atoms with van der Waals surface area (Å²) >= 11 is 5.91. The van der Waals surface area contributed by atoms with E-state index in [-0.39, 0.29) is 0 Å². The van der Waals surface area contributed by atoms with Gasteiger partial charge in [-0.15, -0.1) is 0 Å². The normalized spacial score (nSPS) is 11.8. The summed E-state index contributed by atoms with van der Waals surface area (Å²) in [5, 5.41) is 5.94. The highest BCUT2D eigenvalue weighted by molar-refractivity contribution is 14.2. The van der Waals surface area contributed by atoms with Crippen molar-refractivity contribution in [1.29, 1.82) is 0 Å². The zero-order chi connectivity index (χ0) is 16.5. The second kappa shape index (κ2) is 6.94. The average molecular weight is 511 g/mol. The molecule has 4 rings (SSSR count). The fraction of sp³-hybridized carbons (Fsp3) is 0.0588. The van der Waals surface area contributed by atoms with Crippen LogP contribution in [0.25, 0.3) is 22.4 Å². The highest BCUT2D eigenvalue weighted by atomic mass is 127. The quantitative estimate of drug-likeness (QED) is 0.268. The van der Waals surface area contributed by atoms with Gasteiger partial charge in [-0.3, -0.25) is 0 Å². The molecule has 4 nitrogen and oxygen atoms in total. The van der Waals surface area contributed by atoms with Crippen LogP contribution in [0.15, 0.2) is 65.4 Å². The van der Waals surface area contributed by atoms with E-state index in [4.69, 9.17) is 5.10 Å². The van der Waals surface area contributed by atoms with Crippen molar-refractivity contribution < 1.29 is 0 Å². The lowest BCUT2D eigenvalue weighted by atomic mass is 10.2. The molecule has 2 heterocycles. The smallest absolute Gasteiger partial charge is 0.161 e. The molecule has 1 unspecified atom stereocenters. The highest BCUT2D eigenvalue weighted by Crippen LogP contribution is 2.35. The van der Waals surface area contributed by atoms with Crippen LogP contribution in [0.2, 0.25) is 0 Å². The lowest BCUT2D eigenvalue weighted by molar-refractivity contribution is 0.802. The molecule has 24 heavy (non-hydrogen) atoms. The Morgan fingerprint density at radius 3 is 2.75 bits per heavy atom. The number of nitrogens with zero attached hydrogens (tertiary/aromatic N) is 4. The predicted molar refractivity (Wildman–Crippen MR) is 112 cm³/mol. The lowest BCUT2D eigenvalue weighted by Crippen LogP contribution is -2.01. The molecular formula is C17H13BrIN4P. The molecular weight excluding hydrogens is 498 g/mol. The number of fused-ring (bicyclic) bond motifs is 1. The Morgan fingerprint density at radius 2 is 1.96 bits per heavy atom. The van der Waals surface area contributed by atoms with Gasteiger partial charge >= 0.3 is 0 Å². The van der Waals surface area contributed by atoms with Crippen LogP contribution in [0.3, 0.4) is 0 Å². The molecule has 0 bridgehead atoms. The van der Waals surface area contributed by atoms with Crippen LogP contribution < -0.4 is 0 Å². The van der Waals surface area contributed by atoms with Gasteiger partial charge in [-0.2, -0.15) is 5.10 Å². The fourth-order valence-corrected chi connectivity index (χ4v) is 4.62. The summed E-state index contributed by atoms with van der Waals surface area (Å²) in [6.45, 7) is 0.785. The van der Waals surface area contributed by atoms with E-state index < -0.39 is 0 Å². The van der Waals surface area contributed by atoms with Crippen molar-refractivity contribution in [3.8, 4) is 11.5 Å². The van der Waals surface area contributed by atoms with Crippen LogP contribution in [0.5, 0.6) is 0 Å². The maximum absolute atomic E-state index is 4.81. The van der Waals surface area contributed by atoms with Gasteiger partial charge in [0, 0.05) is 28.8 Å². The van der Waals surface area contributed by atoms with E-state index in [2.05, 4.69) is 90.0 Å². The molecule has 0 fully saturated rings. The standard InChI is InChI=1S/C17H13BrIN4P/c18-13-6-7-14-15(10-13)23(24-19)21-16(14)17-20-8-9-22(17)11-12-4-2-1-3-5-12/h1-10,24H,11H2. The number of benzene rings is 2. The van der Waals surface area contributed by atoms with E-state index >= 15 is 0 Å². The highest BCUT2D eigenvalue weighted by Gasteiger charge is 2.16. The van der Waals surface area contributed by atoms with E-state index in [1.807, 2.05) is 22.9 Å². The summed E-state index contributed by atoms with van der Waals surface area (Å²) in [6, 6.07) is 16.7. The van der Waals surface area contributed by atoms with E-state index in [9.17, 15) is 0 Å². The molecule has 2 aromatic heterocycles. The topological polar surface area (TPSA) is 35.6 Å². The molecule has 0 aliphatic rings. The zero-order valence-corrected chi connectivity index (χ0v) is 17.3. The van der Waals surface area contributed by atoms with Crippen molar-refractivity contribution >= 4 is 55.2 Å². The first-order valence-corrected chi connectivity index (χ1v) is 12.2. The molecule has 0 saturated carbocycles. The fourth-order valence-electron chi connectivity index (χ4n) is 2.75. The summed E-state index contributed by atoms with van der Waals surface area (Å²) < 4.78 is 5.25. The monoisotopic (exact) mass is 510 g/mol. The Labute approximate surface area is 162 Å². The zero-order valence-electron chi connectivity index (χ0n) is 12.5. The minimum atomic E-state index is 0.543. The van der Waals surface area contributed by atoms with Crippen LogP contribution in [-0.2, 0) is 6.54 Å². The molecule has 0 N–H and O–H groups in total. The molecule has 0 aliphatic heterocycles. The van der Waals surface area contributed by atoms with Crippen LogP contribution in [-0.4, -0.2) is 19.1 Å². The van der Waals surface area contributed by atoms with Gasteiger partial charge in [-0.1, -0.05) is 46.3 Å². The van der Waals surface area contributed by atoms with Crippen molar-refractivity contribution in [2.75, 3.05) is 0 Å². The average Bonchev–Trinajstić information content (AvgIpc) is 3.19. The number of aromatic nitrogens is 4. The van der Waals surface area contributed by atoms with Crippen LogP contribution in [0.1, 0.15) is 5.56 Å².